The van der Waals surface area contributed by atoms with E-state index in [1.807, 2.05) is 12.1 Å². The van der Waals surface area contributed by atoms with Crippen LogP contribution in [-0.2, 0) is 0 Å². The molecule has 2 heterocycles. The molecule has 1 aliphatic rings. The molecule has 32 heavy (non-hydrogen) atoms. The van der Waals surface area contributed by atoms with Crippen molar-refractivity contribution < 1.29 is 14.3 Å². The minimum atomic E-state index is -0.336. The molecular weight excluding hydrogens is 450 g/mol. The first-order valence-electron chi connectivity index (χ1n) is 10.1. The van der Waals surface area contributed by atoms with Gasteiger partial charge in [-0.3, -0.25) is 4.79 Å². The number of carbonyl (C=O) groups excluding carboxylic acids is 2. The van der Waals surface area contributed by atoms with Crippen molar-refractivity contribution in [2.24, 2.45) is 0 Å². The van der Waals surface area contributed by atoms with Crippen LogP contribution in [0.5, 0.6) is 5.75 Å². The highest BCUT2D eigenvalue weighted by Gasteiger charge is 2.28. The van der Waals surface area contributed by atoms with Gasteiger partial charge in [0.25, 0.3) is 5.91 Å². The number of benzene rings is 2. The third kappa shape index (κ3) is 5.17. The van der Waals surface area contributed by atoms with E-state index >= 15 is 0 Å². The van der Waals surface area contributed by atoms with Crippen LogP contribution < -0.4 is 15.4 Å². The highest BCUT2D eigenvalue weighted by Crippen LogP contribution is 2.30. The lowest BCUT2D eigenvalue weighted by atomic mass is 9.99. The van der Waals surface area contributed by atoms with Crippen LogP contribution in [0.3, 0.4) is 0 Å². The number of para-hydroxylation sites is 2. The Morgan fingerprint density at radius 2 is 2.00 bits per heavy atom. The largest absolute Gasteiger partial charge is 0.495 e. The fraction of sp³-hybridized carbons (Fsp3) is 0.273. The number of likely N-dealkylation sites (tertiary alicyclic amines) is 1. The summed E-state index contributed by atoms with van der Waals surface area (Å²) in [5.41, 5.74) is 1.22. The minimum absolute atomic E-state index is 0.0254. The minimum Gasteiger partial charge on any atom is -0.495 e. The van der Waals surface area contributed by atoms with E-state index in [0.29, 0.717) is 35.2 Å². The maximum Gasteiger partial charge on any atom is 0.321 e. The quantitative estimate of drug-likeness (QED) is 0.553. The summed E-state index contributed by atoms with van der Waals surface area (Å²) in [5.74, 6) is 0.295. The number of nitrogens with one attached hydrogen (secondary N) is 2. The lowest BCUT2D eigenvalue weighted by Gasteiger charge is -2.31. The van der Waals surface area contributed by atoms with Crippen molar-refractivity contribution in [3.8, 4) is 5.75 Å². The highest BCUT2D eigenvalue weighted by molar-refractivity contribution is 7.13. The topological polar surface area (TPSA) is 96.4 Å². The van der Waals surface area contributed by atoms with Gasteiger partial charge in [0.15, 0.2) is 0 Å². The molecule has 0 spiro atoms. The first kappa shape index (κ1) is 22.0. The van der Waals surface area contributed by atoms with Gasteiger partial charge in [0.2, 0.25) is 5.01 Å². The van der Waals surface area contributed by atoms with Crippen molar-refractivity contribution in [1.29, 1.82) is 0 Å². The lowest BCUT2D eigenvalue weighted by molar-refractivity contribution is 0.102. The maximum atomic E-state index is 12.8. The van der Waals surface area contributed by atoms with Crippen LogP contribution in [0.4, 0.5) is 16.2 Å². The van der Waals surface area contributed by atoms with Crippen LogP contribution in [0.25, 0.3) is 0 Å². The van der Waals surface area contributed by atoms with E-state index in [4.69, 9.17) is 16.3 Å². The number of amides is 3. The molecule has 2 aromatic carbocycles. The van der Waals surface area contributed by atoms with E-state index in [2.05, 4.69) is 20.8 Å². The fourth-order valence-corrected chi connectivity index (χ4v) is 4.60. The molecule has 1 saturated heterocycles. The van der Waals surface area contributed by atoms with Gasteiger partial charge in [-0.25, -0.2) is 4.79 Å². The number of aromatic nitrogens is 2. The second-order valence-corrected chi connectivity index (χ2v) is 8.77. The Balaban J connectivity index is 1.40. The smallest absolute Gasteiger partial charge is 0.321 e. The third-order valence-electron chi connectivity index (χ3n) is 5.12. The number of rotatable bonds is 5. The van der Waals surface area contributed by atoms with Gasteiger partial charge in [0.1, 0.15) is 10.8 Å². The van der Waals surface area contributed by atoms with E-state index in [0.717, 1.165) is 17.8 Å². The zero-order valence-corrected chi connectivity index (χ0v) is 18.9. The number of carbonyl (C=O) groups is 2. The van der Waals surface area contributed by atoms with E-state index < -0.39 is 0 Å². The number of piperidine rings is 1. The van der Waals surface area contributed by atoms with Crippen molar-refractivity contribution >= 4 is 46.3 Å². The SMILES string of the molecule is COc1ccccc1NC(=O)N1CCC[C@H](c2nnc(C(=O)Nc3cccc(Cl)c3)s2)C1. The number of methoxy groups -OCH3 is 1. The summed E-state index contributed by atoms with van der Waals surface area (Å²) in [4.78, 5) is 27.1. The first-order valence-corrected chi connectivity index (χ1v) is 11.3. The second kappa shape index (κ2) is 9.97. The van der Waals surface area contributed by atoms with Crippen LogP contribution in [0.15, 0.2) is 48.5 Å². The predicted molar refractivity (Wildman–Crippen MR) is 125 cm³/mol. The number of ether oxygens (including phenoxy) is 1. The summed E-state index contributed by atoms with van der Waals surface area (Å²) in [6.07, 6.45) is 1.72. The molecular formula is C22H22ClN5O3S. The Kier molecular flexibility index (Phi) is 6.87. The van der Waals surface area contributed by atoms with Gasteiger partial charge in [-0.2, -0.15) is 0 Å². The van der Waals surface area contributed by atoms with Crippen molar-refractivity contribution in [1.82, 2.24) is 15.1 Å². The van der Waals surface area contributed by atoms with Crippen molar-refractivity contribution in [3.63, 3.8) is 0 Å². The van der Waals surface area contributed by atoms with Gasteiger partial charge >= 0.3 is 6.03 Å². The summed E-state index contributed by atoms with van der Waals surface area (Å²) < 4.78 is 5.30. The maximum absolute atomic E-state index is 12.8. The summed E-state index contributed by atoms with van der Waals surface area (Å²) >= 11 is 7.22. The summed E-state index contributed by atoms with van der Waals surface area (Å²) in [7, 11) is 1.57. The molecule has 1 aliphatic heterocycles. The van der Waals surface area contributed by atoms with Crippen LogP contribution >= 0.6 is 22.9 Å². The number of hydrogen-bond acceptors (Lipinski definition) is 6. The molecule has 0 radical (unpaired) electrons. The molecule has 0 saturated carbocycles. The molecule has 3 aromatic rings. The number of nitrogens with zero attached hydrogens (tertiary/aromatic N) is 3. The molecule has 1 atom stereocenters. The molecule has 0 bridgehead atoms. The second-order valence-electron chi connectivity index (χ2n) is 7.33. The third-order valence-corrected chi connectivity index (χ3v) is 6.44. The predicted octanol–water partition coefficient (Wildman–Crippen LogP) is 4.86. The molecule has 4 rings (SSSR count). The Morgan fingerprint density at radius 3 is 2.81 bits per heavy atom. The van der Waals surface area contributed by atoms with Gasteiger partial charge in [0.05, 0.1) is 12.8 Å². The molecule has 0 unspecified atom stereocenters. The Labute approximate surface area is 194 Å². The Morgan fingerprint density at radius 1 is 1.16 bits per heavy atom. The molecule has 3 amide bonds. The molecule has 8 nitrogen and oxygen atoms in total. The molecule has 166 valence electrons. The molecule has 10 heteroatoms. The van der Waals surface area contributed by atoms with Gasteiger partial charge in [0, 0.05) is 29.7 Å². The van der Waals surface area contributed by atoms with Gasteiger partial charge < -0.3 is 20.3 Å². The van der Waals surface area contributed by atoms with Crippen LogP contribution in [0, 0.1) is 0 Å². The van der Waals surface area contributed by atoms with Gasteiger partial charge in [-0.15, -0.1) is 10.2 Å². The van der Waals surface area contributed by atoms with Gasteiger partial charge in [-0.1, -0.05) is 41.1 Å². The van der Waals surface area contributed by atoms with E-state index in [-0.39, 0.29) is 22.9 Å². The number of halogens is 1. The Bertz CT molecular complexity index is 1120. The monoisotopic (exact) mass is 471 g/mol. The molecule has 1 fully saturated rings. The Hall–Kier alpha value is -3.17. The van der Waals surface area contributed by atoms with E-state index in [9.17, 15) is 9.59 Å². The highest BCUT2D eigenvalue weighted by atomic mass is 35.5. The van der Waals surface area contributed by atoms with E-state index in [1.54, 1.807) is 48.4 Å². The van der Waals surface area contributed by atoms with Crippen molar-refractivity contribution in [2.45, 2.75) is 18.8 Å². The summed E-state index contributed by atoms with van der Waals surface area (Å²) in [5, 5.41) is 15.5. The zero-order valence-electron chi connectivity index (χ0n) is 17.4. The molecule has 0 aliphatic carbocycles. The van der Waals surface area contributed by atoms with E-state index in [1.165, 1.54) is 11.3 Å². The number of urea groups is 1. The van der Waals surface area contributed by atoms with Gasteiger partial charge in [-0.05, 0) is 43.2 Å². The van der Waals surface area contributed by atoms with Crippen LogP contribution in [0.2, 0.25) is 5.02 Å². The van der Waals surface area contributed by atoms with Crippen LogP contribution in [0.1, 0.15) is 33.6 Å². The molecule has 2 N–H and O–H groups in total. The summed E-state index contributed by atoms with van der Waals surface area (Å²) in [6.45, 7) is 1.16. The lowest BCUT2D eigenvalue weighted by Crippen LogP contribution is -2.41. The summed E-state index contributed by atoms with van der Waals surface area (Å²) in [6, 6.07) is 14.0. The fourth-order valence-electron chi connectivity index (χ4n) is 3.55. The number of anilines is 2. The standard InChI is InChI=1S/C22H22ClN5O3S/c1-31-18-10-3-2-9-17(18)25-22(30)28-11-5-6-14(13-28)20-26-27-21(32-20)19(29)24-16-8-4-7-15(23)12-16/h2-4,7-10,12,14H,5-6,11,13H2,1H3,(H,24,29)(H,25,30)/t14-/m0/s1. The van der Waals surface area contributed by atoms with Crippen molar-refractivity contribution in [3.05, 3.63) is 63.6 Å². The average molecular weight is 472 g/mol. The van der Waals surface area contributed by atoms with Crippen molar-refractivity contribution in [2.75, 3.05) is 30.8 Å². The zero-order chi connectivity index (χ0) is 22.5. The molecule has 1 aromatic heterocycles. The normalized spacial score (nSPS) is 15.8. The average Bonchev–Trinajstić information content (AvgIpc) is 3.30. The first-order chi connectivity index (χ1) is 15.5. The number of hydrogen-bond donors (Lipinski definition) is 2. The van der Waals surface area contributed by atoms with Crippen LogP contribution in [-0.4, -0.2) is 47.2 Å².